The summed E-state index contributed by atoms with van der Waals surface area (Å²) in [6, 6.07) is 9.05. The average molecular weight is 725 g/mol. The highest BCUT2D eigenvalue weighted by Gasteiger charge is 2.43. The van der Waals surface area contributed by atoms with Crippen LogP contribution in [0.2, 0.25) is 0 Å². The van der Waals surface area contributed by atoms with E-state index in [-0.39, 0.29) is 15.7 Å². The van der Waals surface area contributed by atoms with Crippen molar-refractivity contribution in [3.05, 3.63) is 94.0 Å². The number of rotatable bonds is 15. The fourth-order valence-electron chi connectivity index (χ4n) is 6.63. The van der Waals surface area contributed by atoms with Gasteiger partial charge in [-0.15, -0.1) is 0 Å². The van der Waals surface area contributed by atoms with E-state index in [9.17, 15) is 30.7 Å². The van der Waals surface area contributed by atoms with Crippen molar-refractivity contribution in [3.8, 4) is 0 Å². The summed E-state index contributed by atoms with van der Waals surface area (Å²) in [5, 5.41) is 6.28. The lowest BCUT2D eigenvalue weighted by molar-refractivity contribution is -0.401. The number of amides is 1. The van der Waals surface area contributed by atoms with E-state index in [2.05, 4.69) is 20.2 Å². The third kappa shape index (κ3) is 8.53. The Morgan fingerprint density at radius 1 is 0.980 bits per heavy atom. The standard InChI is InChI=1S/C35H44N6O7S2/c1-34(2)27-23-25(49(43,44)45)16-18-29(27)40(5)31(34)13-8-6-9-14-32-35(3,4)28-24-26(50(46,47)48)17-19-30(28)41(32)22-11-7-10-15-33(42)37-20-12-21-38-39-36/h6,8-9,13-14,16-19,23-24H,7,10-12,15,20-22H2,1-5H3,(H2-,37,42,43,44,45,46,47,48). The minimum atomic E-state index is -4.59. The molecule has 0 saturated heterocycles. The molecule has 0 radical (unpaired) electrons. The van der Waals surface area contributed by atoms with Crippen LogP contribution < -0.4 is 10.2 Å². The number of azide groups is 1. The SMILES string of the molecule is C[N+]1=C(/C=C/C=C/C=C2/N(CCCCCC(=O)NCCCN=[N+]=[N-])c3ccc(S(=O)(=O)O)cc3C2(C)C)C(C)(C)c2cc(S(=O)(=O)[O-])ccc21. The number of nitrogens with one attached hydrogen (secondary N) is 1. The van der Waals surface area contributed by atoms with Crippen molar-refractivity contribution < 1.29 is 35.3 Å². The van der Waals surface area contributed by atoms with Gasteiger partial charge in [0.1, 0.15) is 17.2 Å². The first kappa shape index (κ1) is 38.5. The van der Waals surface area contributed by atoms with E-state index in [1.165, 1.54) is 24.3 Å². The largest absolute Gasteiger partial charge is 0.744 e. The molecule has 2 aliphatic heterocycles. The summed E-state index contributed by atoms with van der Waals surface area (Å²) in [5.74, 6) is -0.0514. The van der Waals surface area contributed by atoms with Crippen molar-refractivity contribution in [2.75, 3.05) is 31.6 Å². The lowest BCUT2D eigenvalue weighted by atomic mass is 9.81. The zero-order valence-corrected chi connectivity index (χ0v) is 30.6. The average Bonchev–Trinajstić information content (AvgIpc) is 3.37. The highest BCUT2D eigenvalue weighted by molar-refractivity contribution is 7.86. The van der Waals surface area contributed by atoms with Gasteiger partial charge in [0.15, 0.2) is 5.71 Å². The maximum absolute atomic E-state index is 12.2. The predicted molar refractivity (Wildman–Crippen MR) is 191 cm³/mol. The second kappa shape index (κ2) is 15.3. The van der Waals surface area contributed by atoms with Crippen molar-refractivity contribution in [1.82, 2.24) is 5.32 Å². The van der Waals surface area contributed by atoms with Gasteiger partial charge in [-0.3, -0.25) is 9.35 Å². The van der Waals surface area contributed by atoms with Crippen molar-refractivity contribution in [2.24, 2.45) is 5.11 Å². The molecule has 2 aliphatic rings. The van der Waals surface area contributed by atoms with E-state index in [4.69, 9.17) is 5.53 Å². The van der Waals surface area contributed by atoms with Gasteiger partial charge in [0, 0.05) is 65.5 Å². The van der Waals surface area contributed by atoms with E-state index < -0.39 is 31.1 Å². The van der Waals surface area contributed by atoms with Crippen molar-refractivity contribution in [1.29, 1.82) is 0 Å². The number of allylic oxidation sites excluding steroid dienone is 6. The molecule has 0 atom stereocenters. The highest BCUT2D eigenvalue weighted by Crippen LogP contribution is 2.48. The molecule has 2 aromatic rings. The van der Waals surface area contributed by atoms with Gasteiger partial charge in [-0.2, -0.15) is 13.0 Å². The Balaban J connectivity index is 1.51. The van der Waals surface area contributed by atoms with Crippen LogP contribution in [0.15, 0.2) is 87.4 Å². The van der Waals surface area contributed by atoms with Crippen LogP contribution in [0.25, 0.3) is 10.4 Å². The summed E-state index contributed by atoms with van der Waals surface area (Å²) in [7, 11) is -7.10. The quantitative estimate of drug-likeness (QED) is 0.0423. The van der Waals surface area contributed by atoms with Crippen LogP contribution in [0.3, 0.4) is 0 Å². The second-order valence-corrected chi connectivity index (χ2v) is 16.2. The Kier molecular flexibility index (Phi) is 11.8. The van der Waals surface area contributed by atoms with Crippen LogP contribution in [-0.4, -0.2) is 68.8 Å². The molecule has 0 bridgehead atoms. The summed E-state index contributed by atoms with van der Waals surface area (Å²) in [4.78, 5) is 16.6. The fraction of sp³-hybridized carbons (Fsp3) is 0.429. The van der Waals surface area contributed by atoms with Crippen LogP contribution in [0.4, 0.5) is 11.4 Å². The summed E-state index contributed by atoms with van der Waals surface area (Å²) in [6.07, 6.45) is 12.8. The Labute approximate surface area is 294 Å². The zero-order valence-electron chi connectivity index (χ0n) is 29.0. The third-order valence-electron chi connectivity index (χ3n) is 9.29. The van der Waals surface area contributed by atoms with Gasteiger partial charge in [0.05, 0.1) is 15.2 Å². The maximum Gasteiger partial charge on any atom is 0.294 e. The van der Waals surface area contributed by atoms with Gasteiger partial charge in [-0.05, 0) is 80.6 Å². The fourth-order valence-corrected chi connectivity index (χ4v) is 7.63. The minimum Gasteiger partial charge on any atom is -0.744 e. The molecule has 1 amide bonds. The normalized spacial score (nSPS) is 17.4. The van der Waals surface area contributed by atoms with Crippen LogP contribution in [0.5, 0.6) is 0 Å². The molecule has 0 fully saturated rings. The Morgan fingerprint density at radius 2 is 1.68 bits per heavy atom. The Hall–Kier alpha value is -4.27. The number of fused-ring (bicyclic) bond motifs is 2. The molecule has 4 rings (SSSR count). The van der Waals surface area contributed by atoms with Crippen LogP contribution >= 0.6 is 0 Å². The van der Waals surface area contributed by atoms with Crippen molar-refractivity contribution in [3.63, 3.8) is 0 Å². The van der Waals surface area contributed by atoms with Crippen molar-refractivity contribution in [2.45, 2.75) is 80.4 Å². The van der Waals surface area contributed by atoms with Crippen LogP contribution in [-0.2, 0) is 35.9 Å². The van der Waals surface area contributed by atoms with Gasteiger partial charge < -0.3 is 14.8 Å². The zero-order chi connectivity index (χ0) is 36.9. The third-order valence-corrected chi connectivity index (χ3v) is 11.0. The number of carbonyl (C=O) groups excluding carboxylic acids is 1. The summed E-state index contributed by atoms with van der Waals surface area (Å²) >= 11 is 0. The maximum atomic E-state index is 12.2. The molecule has 0 unspecified atom stereocenters. The number of hydrogen-bond donors (Lipinski definition) is 2. The smallest absolute Gasteiger partial charge is 0.294 e. The molecule has 15 heteroatoms. The molecule has 0 aliphatic carbocycles. The summed E-state index contributed by atoms with van der Waals surface area (Å²) < 4.78 is 70.7. The van der Waals surface area contributed by atoms with E-state index >= 15 is 0 Å². The first-order valence-corrected chi connectivity index (χ1v) is 19.2. The molecule has 2 aromatic carbocycles. The van der Waals surface area contributed by atoms with Crippen LogP contribution in [0, 0.1) is 0 Å². The van der Waals surface area contributed by atoms with E-state index in [0.717, 1.165) is 46.8 Å². The topological polar surface area (TPSA) is 196 Å². The van der Waals surface area contributed by atoms with E-state index in [1.54, 1.807) is 12.1 Å². The molecule has 50 heavy (non-hydrogen) atoms. The van der Waals surface area contributed by atoms with Crippen LogP contribution in [0.1, 0.15) is 70.9 Å². The molecule has 2 heterocycles. The lowest BCUT2D eigenvalue weighted by Gasteiger charge is -2.27. The van der Waals surface area contributed by atoms with Gasteiger partial charge in [-0.1, -0.05) is 43.6 Å². The monoisotopic (exact) mass is 724 g/mol. The first-order chi connectivity index (χ1) is 23.4. The highest BCUT2D eigenvalue weighted by atomic mass is 32.2. The van der Waals surface area contributed by atoms with E-state index in [1.807, 2.05) is 69.7 Å². The summed E-state index contributed by atoms with van der Waals surface area (Å²) in [6.45, 7) is 9.36. The number of unbranched alkanes of at least 4 members (excludes halogenated alkanes) is 2. The molecular weight excluding hydrogens is 681 g/mol. The predicted octanol–water partition coefficient (Wildman–Crippen LogP) is 6.01. The Bertz CT molecular complexity index is 2040. The Morgan fingerprint density at radius 3 is 2.36 bits per heavy atom. The molecule has 268 valence electrons. The lowest BCUT2D eigenvalue weighted by Crippen LogP contribution is -2.27. The van der Waals surface area contributed by atoms with Gasteiger partial charge in [-0.25, -0.2) is 8.42 Å². The molecular formula is C35H44N6O7S2. The van der Waals surface area contributed by atoms with Gasteiger partial charge >= 0.3 is 0 Å². The summed E-state index contributed by atoms with van der Waals surface area (Å²) in [5.41, 5.74) is 12.2. The minimum absolute atomic E-state index is 0.0514. The van der Waals surface area contributed by atoms with Gasteiger partial charge in [0.2, 0.25) is 11.6 Å². The number of hydrogen-bond acceptors (Lipinski definition) is 8. The first-order valence-electron chi connectivity index (χ1n) is 16.3. The number of carbonyl (C=O) groups is 1. The molecule has 2 N–H and O–H groups in total. The number of nitrogens with zero attached hydrogens (tertiary/aromatic N) is 5. The molecule has 0 spiro atoms. The molecule has 0 saturated carbocycles. The second-order valence-electron chi connectivity index (χ2n) is 13.4. The number of anilines is 1. The van der Waals surface area contributed by atoms with E-state index in [0.29, 0.717) is 38.9 Å². The van der Waals surface area contributed by atoms with Crippen molar-refractivity contribution >= 4 is 43.2 Å². The molecule has 0 aromatic heterocycles. The molecule has 13 nitrogen and oxygen atoms in total. The van der Waals surface area contributed by atoms with Gasteiger partial charge in [0.25, 0.3) is 10.1 Å². The number of benzene rings is 2.